The number of aromatic nitrogens is 2. The van der Waals surface area contributed by atoms with Crippen molar-refractivity contribution in [2.24, 2.45) is 0 Å². The van der Waals surface area contributed by atoms with Crippen LogP contribution in [0.2, 0.25) is 0 Å². The van der Waals surface area contributed by atoms with E-state index in [2.05, 4.69) is 30.5 Å². The van der Waals surface area contributed by atoms with Gasteiger partial charge in [-0.05, 0) is 32.9 Å². The molecule has 2 aromatic rings. The molecule has 1 heterocycles. The van der Waals surface area contributed by atoms with Gasteiger partial charge in [-0.25, -0.2) is 4.68 Å². The molecule has 0 saturated carbocycles. The zero-order valence-corrected chi connectivity index (χ0v) is 12.4. The molecule has 0 radical (unpaired) electrons. The molecule has 4 nitrogen and oxygen atoms in total. The van der Waals surface area contributed by atoms with Crippen LogP contribution in [0, 0.1) is 0 Å². The quantitative estimate of drug-likeness (QED) is 0.843. The fraction of sp³-hybridized carbons (Fsp3) is 0.438. The van der Waals surface area contributed by atoms with Crippen molar-refractivity contribution in [1.29, 1.82) is 0 Å². The summed E-state index contributed by atoms with van der Waals surface area (Å²) < 4.78 is 7.42. The Labute approximate surface area is 120 Å². The van der Waals surface area contributed by atoms with Gasteiger partial charge in [-0.3, -0.25) is 0 Å². The van der Waals surface area contributed by atoms with Crippen molar-refractivity contribution in [2.45, 2.75) is 32.9 Å². The number of rotatable bonds is 7. The summed E-state index contributed by atoms with van der Waals surface area (Å²) in [5.41, 5.74) is 2.26. The highest BCUT2D eigenvalue weighted by atomic mass is 16.5. The van der Waals surface area contributed by atoms with Crippen molar-refractivity contribution < 1.29 is 4.74 Å². The topological polar surface area (TPSA) is 39.1 Å². The average molecular weight is 273 g/mol. The van der Waals surface area contributed by atoms with E-state index in [9.17, 15) is 0 Å². The van der Waals surface area contributed by atoms with Gasteiger partial charge in [0.15, 0.2) is 0 Å². The van der Waals surface area contributed by atoms with Crippen LogP contribution in [-0.2, 0) is 4.74 Å². The number of hydrogen-bond donors (Lipinski definition) is 1. The van der Waals surface area contributed by atoms with Gasteiger partial charge in [-0.15, -0.1) is 0 Å². The van der Waals surface area contributed by atoms with Crippen molar-refractivity contribution in [3.05, 3.63) is 48.3 Å². The minimum atomic E-state index is 0.228. The van der Waals surface area contributed by atoms with E-state index in [0.29, 0.717) is 0 Å². The minimum absolute atomic E-state index is 0.228. The predicted octanol–water partition coefficient (Wildman–Crippen LogP) is 2.95. The summed E-state index contributed by atoms with van der Waals surface area (Å²) in [5, 5.41) is 7.89. The van der Waals surface area contributed by atoms with Crippen LogP contribution in [0.3, 0.4) is 0 Å². The molecule has 0 aliphatic rings. The number of benzene rings is 1. The average Bonchev–Trinajstić information content (AvgIpc) is 2.96. The Morgan fingerprint density at radius 3 is 2.70 bits per heavy atom. The lowest BCUT2D eigenvalue weighted by molar-refractivity contribution is 0.0743. The molecule has 0 fully saturated rings. The first-order valence-electron chi connectivity index (χ1n) is 7.15. The standard InChI is InChI=1S/C16H23N3O/c1-4-20-13(2)10-17-14(3)15-11-18-19(12-15)16-8-6-5-7-9-16/h5-9,11-14,17H,4,10H2,1-3H3. The van der Waals surface area contributed by atoms with Gasteiger partial charge in [0.05, 0.1) is 18.0 Å². The Bertz CT molecular complexity index is 509. The van der Waals surface area contributed by atoms with Crippen LogP contribution < -0.4 is 5.32 Å². The first kappa shape index (κ1) is 14.8. The lowest BCUT2D eigenvalue weighted by atomic mass is 10.2. The fourth-order valence-corrected chi connectivity index (χ4v) is 2.09. The van der Waals surface area contributed by atoms with E-state index in [4.69, 9.17) is 4.74 Å². The fourth-order valence-electron chi connectivity index (χ4n) is 2.09. The zero-order chi connectivity index (χ0) is 14.4. The molecule has 2 rings (SSSR count). The van der Waals surface area contributed by atoms with Crippen molar-refractivity contribution in [3.8, 4) is 5.69 Å². The Balaban J connectivity index is 1.95. The van der Waals surface area contributed by atoms with Gasteiger partial charge in [0, 0.05) is 31.0 Å². The van der Waals surface area contributed by atoms with Gasteiger partial charge in [0.2, 0.25) is 0 Å². The Morgan fingerprint density at radius 1 is 1.25 bits per heavy atom. The summed E-state index contributed by atoms with van der Waals surface area (Å²) in [6.45, 7) is 7.83. The molecule has 1 aromatic heterocycles. The third-order valence-corrected chi connectivity index (χ3v) is 3.29. The molecule has 0 aliphatic heterocycles. The lowest BCUT2D eigenvalue weighted by Crippen LogP contribution is -2.29. The normalized spacial score (nSPS) is 14.2. The van der Waals surface area contributed by atoms with E-state index in [0.717, 1.165) is 18.8 Å². The third-order valence-electron chi connectivity index (χ3n) is 3.29. The summed E-state index contributed by atoms with van der Waals surface area (Å²) in [7, 11) is 0. The van der Waals surface area contributed by atoms with Crippen molar-refractivity contribution in [2.75, 3.05) is 13.2 Å². The SMILES string of the molecule is CCOC(C)CNC(C)c1cnn(-c2ccccc2)c1. The molecule has 108 valence electrons. The van der Waals surface area contributed by atoms with E-state index < -0.39 is 0 Å². The molecule has 1 N–H and O–H groups in total. The molecule has 0 saturated heterocycles. The Hall–Kier alpha value is -1.65. The predicted molar refractivity (Wildman–Crippen MR) is 81.1 cm³/mol. The molecular weight excluding hydrogens is 250 g/mol. The van der Waals surface area contributed by atoms with E-state index >= 15 is 0 Å². The van der Waals surface area contributed by atoms with Crippen LogP contribution in [0.15, 0.2) is 42.7 Å². The monoisotopic (exact) mass is 273 g/mol. The second kappa shape index (κ2) is 7.22. The Kier molecular flexibility index (Phi) is 5.32. The molecule has 2 unspecified atom stereocenters. The second-order valence-electron chi connectivity index (χ2n) is 4.95. The summed E-state index contributed by atoms with van der Waals surface area (Å²) in [4.78, 5) is 0. The van der Waals surface area contributed by atoms with Crippen molar-refractivity contribution >= 4 is 0 Å². The smallest absolute Gasteiger partial charge is 0.0671 e. The summed E-state index contributed by atoms with van der Waals surface area (Å²) in [5.74, 6) is 0. The van der Waals surface area contributed by atoms with Gasteiger partial charge in [-0.2, -0.15) is 5.10 Å². The number of nitrogens with one attached hydrogen (secondary N) is 1. The largest absolute Gasteiger partial charge is 0.377 e. The highest BCUT2D eigenvalue weighted by molar-refractivity contribution is 5.31. The molecule has 4 heteroatoms. The molecule has 1 aromatic carbocycles. The van der Waals surface area contributed by atoms with Gasteiger partial charge >= 0.3 is 0 Å². The van der Waals surface area contributed by atoms with Crippen LogP contribution in [-0.4, -0.2) is 29.0 Å². The molecule has 20 heavy (non-hydrogen) atoms. The maximum Gasteiger partial charge on any atom is 0.0671 e. The molecule has 0 amide bonds. The maximum absolute atomic E-state index is 5.52. The van der Waals surface area contributed by atoms with Crippen molar-refractivity contribution in [3.63, 3.8) is 0 Å². The van der Waals surface area contributed by atoms with Crippen molar-refractivity contribution in [1.82, 2.24) is 15.1 Å². The van der Waals surface area contributed by atoms with Crippen LogP contribution >= 0.6 is 0 Å². The number of ether oxygens (including phenoxy) is 1. The first-order chi connectivity index (χ1) is 9.70. The van der Waals surface area contributed by atoms with E-state index in [1.165, 1.54) is 5.56 Å². The van der Waals surface area contributed by atoms with Crippen LogP contribution in [0.1, 0.15) is 32.4 Å². The molecule has 0 aliphatic carbocycles. The van der Waals surface area contributed by atoms with Crippen LogP contribution in [0.4, 0.5) is 0 Å². The van der Waals surface area contributed by atoms with Crippen LogP contribution in [0.5, 0.6) is 0 Å². The van der Waals surface area contributed by atoms with Gasteiger partial charge in [-0.1, -0.05) is 18.2 Å². The minimum Gasteiger partial charge on any atom is -0.377 e. The molecule has 2 atom stereocenters. The highest BCUT2D eigenvalue weighted by Gasteiger charge is 2.10. The zero-order valence-electron chi connectivity index (χ0n) is 12.4. The van der Waals surface area contributed by atoms with E-state index in [1.54, 1.807) is 0 Å². The highest BCUT2D eigenvalue weighted by Crippen LogP contribution is 2.14. The second-order valence-corrected chi connectivity index (χ2v) is 4.95. The Morgan fingerprint density at radius 2 is 2.00 bits per heavy atom. The van der Waals surface area contributed by atoms with Gasteiger partial charge in [0.25, 0.3) is 0 Å². The van der Waals surface area contributed by atoms with E-state index in [-0.39, 0.29) is 12.1 Å². The third kappa shape index (κ3) is 3.92. The summed E-state index contributed by atoms with van der Waals surface area (Å²) >= 11 is 0. The van der Waals surface area contributed by atoms with Crippen LogP contribution in [0.25, 0.3) is 5.69 Å². The van der Waals surface area contributed by atoms with Gasteiger partial charge < -0.3 is 10.1 Å². The maximum atomic E-state index is 5.52. The first-order valence-corrected chi connectivity index (χ1v) is 7.15. The molecule has 0 spiro atoms. The summed E-state index contributed by atoms with van der Waals surface area (Å²) in [6, 6.07) is 10.4. The number of hydrogen-bond acceptors (Lipinski definition) is 3. The van der Waals surface area contributed by atoms with Gasteiger partial charge in [0.1, 0.15) is 0 Å². The summed E-state index contributed by atoms with van der Waals surface area (Å²) in [6.07, 6.45) is 4.21. The number of para-hydroxylation sites is 1. The van der Waals surface area contributed by atoms with E-state index in [1.807, 2.05) is 48.1 Å². The molecular formula is C16H23N3O. The number of nitrogens with zero attached hydrogens (tertiary/aromatic N) is 2. The lowest BCUT2D eigenvalue weighted by Gasteiger charge is -2.16. The molecule has 0 bridgehead atoms.